The van der Waals surface area contributed by atoms with Crippen molar-refractivity contribution in [1.82, 2.24) is 0 Å². The van der Waals surface area contributed by atoms with Crippen molar-refractivity contribution in [2.45, 2.75) is 35.3 Å². The molecule has 0 fully saturated rings. The molecule has 102 valence electrons. The Labute approximate surface area is 109 Å². The zero-order valence-corrected chi connectivity index (χ0v) is 12.2. The van der Waals surface area contributed by atoms with Crippen molar-refractivity contribution in [3.63, 3.8) is 0 Å². The van der Waals surface area contributed by atoms with Crippen LogP contribution in [0, 0.1) is 0 Å². The maximum atomic E-state index is 11.1. The van der Waals surface area contributed by atoms with E-state index in [1.165, 1.54) is 4.90 Å². The minimum atomic E-state index is -0.870. The van der Waals surface area contributed by atoms with Crippen LogP contribution in [0.15, 0.2) is 34.1 Å². The number of thioether (sulfide) groups is 1. The Morgan fingerprint density at radius 3 is 1.71 bits per heavy atom. The van der Waals surface area contributed by atoms with Crippen LogP contribution in [-0.4, -0.2) is 31.6 Å². The van der Waals surface area contributed by atoms with Crippen LogP contribution in [0.4, 0.5) is 0 Å². The molecule has 1 aromatic rings. The summed E-state index contributed by atoms with van der Waals surface area (Å²) in [5.41, 5.74) is 0. The van der Waals surface area contributed by atoms with Gasteiger partial charge in [0.05, 0.1) is 0 Å². The van der Waals surface area contributed by atoms with E-state index in [0.29, 0.717) is 0 Å². The Bertz CT molecular complexity index is 330. The molecule has 0 spiro atoms. The smallest absolute Gasteiger partial charge is 0.0498 e. The Kier molecular flexibility index (Phi) is 11.1. The largest absolute Gasteiger partial charge is 0.412 e. The molecule has 6 heteroatoms. The first kappa shape index (κ1) is 21.8. The lowest BCUT2D eigenvalue weighted by molar-refractivity contribution is 0.686. The highest BCUT2D eigenvalue weighted by Crippen LogP contribution is 2.31. The number of hydrogen-bond acceptors (Lipinski definition) is 2. The predicted molar refractivity (Wildman–Crippen MR) is 75.2 cm³/mol. The highest BCUT2D eigenvalue weighted by atomic mass is 32.2. The molecule has 17 heavy (non-hydrogen) atoms. The lowest BCUT2D eigenvalue weighted by Gasteiger charge is -2.17. The van der Waals surface area contributed by atoms with Gasteiger partial charge in [-0.3, -0.25) is 4.21 Å². The normalized spacial score (nSPS) is 11.5. The van der Waals surface area contributed by atoms with Crippen molar-refractivity contribution in [2.24, 2.45) is 0 Å². The van der Waals surface area contributed by atoms with E-state index in [1.54, 1.807) is 6.26 Å². The molecule has 0 aliphatic carbocycles. The van der Waals surface area contributed by atoms with Crippen molar-refractivity contribution in [3.05, 3.63) is 24.3 Å². The second kappa shape index (κ2) is 8.66. The summed E-state index contributed by atoms with van der Waals surface area (Å²) in [6, 6.07) is 7.94. The van der Waals surface area contributed by atoms with E-state index < -0.39 is 10.8 Å². The fourth-order valence-electron chi connectivity index (χ4n) is 1.05. The molecule has 0 aromatic heterocycles. The van der Waals surface area contributed by atoms with Crippen molar-refractivity contribution in [1.29, 1.82) is 0 Å². The van der Waals surface area contributed by atoms with Gasteiger partial charge in [-0.25, -0.2) is 0 Å². The molecule has 1 unspecified atom stereocenters. The van der Waals surface area contributed by atoms with Gasteiger partial charge in [0.2, 0.25) is 0 Å². The lowest BCUT2D eigenvalue weighted by atomic mass is 10.3. The minimum absolute atomic E-state index is 0. The molecule has 0 bridgehead atoms. The third-order valence-corrected chi connectivity index (χ3v) is 3.64. The van der Waals surface area contributed by atoms with Crippen molar-refractivity contribution in [2.75, 3.05) is 6.26 Å². The first-order valence-electron chi connectivity index (χ1n) is 4.51. The van der Waals surface area contributed by atoms with E-state index in [9.17, 15) is 4.21 Å². The van der Waals surface area contributed by atoms with Gasteiger partial charge in [0.15, 0.2) is 0 Å². The second-order valence-electron chi connectivity index (χ2n) is 4.14. The molecule has 1 atom stereocenters. The first-order valence-corrected chi connectivity index (χ1v) is 6.88. The van der Waals surface area contributed by atoms with Crippen LogP contribution in [0.5, 0.6) is 0 Å². The van der Waals surface area contributed by atoms with Gasteiger partial charge in [0.1, 0.15) is 0 Å². The summed E-state index contributed by atoms with van der Waals surface area (Å²) in [7, 11) is -0.870. The summed E-state index contributed by atoms with van der Waals surface area (Å²) >= 11 is 1.82. The van der Waals surface area contributed by atoms with Gasteiger partial charge in [-0.2, -0.15) is 0 Å². The van der Waals surface area contributed by atoms with Gasteiger partial charge < -0.3 is 16.4 Å². The molecular weight excluding hydrogens is 260 g/mol. The van der Waals surface area contributed by atoms with Crippen LogP contribution in [-0.2, 0) is 10.8 Å². The maximum Gasteiger partial charge on any atom is 0.0498 e. The van der Waals surface area contributed by atoms with Gasteiger partial charge in [-0.1, -0.05) is 20.8 Å². The Morgan fingerprint density at radius 2 is 1.41 bits per heavy atom. The van der Waals surface area contributed by atoms with Crippen molar-refractivity contribution < 1.29 is 20.6 Å². The van der Waals surface area contributed by atoms with E-state index in [1.807, 2.05) is 36.0 Å². The minimum Gasteiger partial charge on any atom is -0.412 e. The first-order chi connectivity index (χ1) is 6.38. The number of hydrogen-bond donors (Lipinski definition) is 0. The fraction of sp³-hybridized carbons (Fsp3) is 0.455. The summed E-state index contributed by atoms with van der Waals surface area (Å²) in [6.07, 6.45) is 1.70. The summed E-state index contributed by atoms with van der Waals surface area (Å²) in [5, 5.41) is 0. The van der Waals surface area contributed by atoms with E-state index >= 15 is 0 Å². The van der Waals surface area contributed by atoms with Crippen molar-refractivity contribution >= 4 is 22.6 Å². The molecule has 0 saturated heterocycles. The van der Waals surface area contributed by atoms with Crippen LogP contribution in [0.25, 0.3) is 0 Å². The van der Waals surface area contributed by atoms with E-state index in [-0.39, 0.29) is 21.2 Å². The molecule has 0 heterocycles. The molecular formula is C11H22O4S2. The topological polar surface area (TPSA) is 112 Å². The quantitative estimate of drug-likeness (QED) is 0.748. The van der Waals surface area contributed by atoms with Gasteiger partial charge >= 0.3 is 0 Å². The van der Waals surface area contributed by atoms with E-state index in [2.05, 4.69) is 20.8 Å². The van der Waals surface area contributed by atoms with Gasteiger partial charge in [-0.15, -0.1) is 11.8 Å². The maximum absolute atomic E-state index is 11.1. The summed E-state index contributed by atoms with van der Waals surface area (Å²) in [6.45, 7) is 6.55. The van der Waals surface area contributed by atoms with Crippen LogP contribution in [0.2, 0.25) is 0 Å². The Hall–Kier alpha value is -0.400. The lowest BCUT2D eigenvalue weighted by Crippen LogP contribution is -2.06. The van der Waals surface area contributed by atoms with Crippen molar-refractivity contribution in [3.8, 4) is 0 Å². The zero-order valence-electron chi connectivity index (χ0n) is 10.5. The summed E-state index contributed by atoms with van der Waals surface area (Å²) in [4.78, 5) is 2.12. The molecule has 0 saturated carbocycles. The molecule has 1 aromatic carbocycles. The van der Waals surface area contributed by atoms with Gasteiger partial charge in [-0.05, 0) is 24.3 Å². The molecule has 0 aliphatic rings. The van der Waals surface area contributed by atoms with Gasteiger partial charge in [0, 0.05) is 31.6 Å². The third-order valence-electron chi connectivity index (χ3n) is 1.58. The third kappa shape index (κ3) is 8.34. The van der Waals surface area contributed by atoms with Crippen LogP contribution in [0.1, 0.15) is 20.8 Å². The van der Waals surface area contributed by atoms with E-state index in [0.717, 1.165) is 4.90 Å². The van der Waals surface area contributed by atoms with Crippen LogP contribution in [0.3, 0.4) is 0 Å². The fourth-order valence-corrected chi connectivity index (χ4v) is 2.55. The molecule has 6 N–H and O–H groups in total. The SMILES string of the molecule is CS(=O)c1ccc(SC(C)(C)C)cc1.O.O.O. The standard InChI is InChI=1S/C11H16OS2.3H2O/c1-11(2,3)13-9-5-7-10(8-6-9)14(4)12;;;/h5-8H,1-4H3;3*1H2. The van der Waals surface area contributed by atoms with Crippen LogP contribution < -0.4 is 0 Å². The van der Waals surface area contributed by atoms with E-state index in [4.69, 9.17) is 0 Å². The van der Waals surface area contributed by atoms with Gasteiger partial charge in [0.25, 0.3) is 0 Å². The number of benzene rings is 1. The molecule has 4 nitrogen and oxygen atoms in total. The highest BCUT2D eigenvalue weighted by molar-refractivity contribution is 8.00. The molecule has 0 amide bonds. The Morgan fingerprint density at radius 1 is 1.00 bits per heavy atom. The average molecular weight is 282 g/mol. The predicted octanol–water partition coefficient (Wildman–Crippen LogP) is 0.841. The zero-order chi connectivity index (χ0) is 10.8. The molecule has 0 radical (unpaired) electrons. The number of rotatable bonds is 2. The monoisotopic (exact) mass is 282 g/mol. The molecule has 1 rings (SSSR count). The Balaban J connectivity index is -0.000000653. The summed E-state index contributed by atoms with van der Waals surface area (Å²) < 4.78 is 11.4. The van der Waals surface area contributed by atoms with Crippen LogP contribution >= 0.6 is 11.8 Å². The molecule has 0 aliphatic heterocycles. The summed E-state index contributed by atoms with van der Waals surface area (Å²) in [5.74, 6) is 0. The average Bonchev–Trinajstić information content (AvgIpc) is 2.02. The second-order valence-corrected chi connectivity index (χ2v) is 7.42. The highest BCUT2D eigenvalue weighted by Gasteiger charge is 2.11.